The minimum atomic E-state index is -1.42. The molecule has 48 heavy (non-hydrogen) atoms. The fourth-order valence-electron chi connectivity index (χ4n) is 4.32. The van der Waals surface area contributed by atoms with Crippen LogP contribution in [0.2, 0.25) is 0 Å². The van der Waals surface area contributed by atoms with E-state index in [1.807, 2.05) is 4.90 Å². The largest absolute Gasteiger partial charge is 0.470 e. The highest BCUT2D eigenvalue weighted by Crippen LogP contribution is 2.27. The summed E-state index contributed by atoms with van der Waals surface area (Å²) in [5.41, 5.74) is -0.888. The molecule has 17 nitrogen and oxygen atoms in total. The first-order chi connectivity index (χ1) is 22.4. The van der Waals surface area contributed by atoms with E-state index in [-0.39, 0.29) is 25.5 Å². The number of morpholine rings is 1. The van der Waals surface area contributed by atoms with Crippen LogP contribution in [-0.2, 0) is 57.2 Å². The molecule has 0 aromatic carbocycles. The Morgan fingerprint density at radius 2 is 1.40 bits per heavy atom. The van der Waals surface area contributed by atoms with Crippen LogP contribution >= 0.6 is 11.7 Å². The van der Waals surface area contributed by atoms with Crippen LogP contribution in [0.4, 0.5) is 5.82 Å². The molecule has 0 aliphatic carbocycles. The number of carbonyl (C=O) groups is 6. The number of amides is 1. The Labute approximate surface area is 283 Å². The van der Waals surface area contributed by atoms with Gasteiger partial charge in [-0.2, -0.15) is 4.37 Å². The van der Waals surface area contributed by atoms with Crippen molar-refractivity contribution in [3.05, 3.63) is 0 Å². The Bertz CT molecular complexity index is 1280. The third kappa shape index (κ3) is 12.5. The molecule has 1 aromatic heterocycles. The first-order valence-corrected chi connectivity index (χ1v) is 16.2. The van der Waals surface area contributed by atoms with Crippen molar-refractivity contribution in [3.63, 3.8) is 0 Å². The van der Waals surface area contributed by atoms with Gasteiger partial charge in [0.15, 0.2) is 30.5 Å². The molecular formula is C30H46N4O13S. The highest BCUT2D eigenvalue weighted by molar-refractivity contribution is 6.99. The molecule has 0 saturated carbocycles. The highest BCUT2D eigenvalue weighted by Gasteiger charge is 2.37. The molecule has 1 aliphatic rings. The molecule has 1 aromatic rings. The van der Waals surface area contributed by atoms with E-state index in [1.165, 1.54) is 25.7 Å². The van der Waals surface area contributed by atoms with E-state index in [2.05, 4.69) is 8.75 Å². The third-order valence-corrected chi connectivity index (χ3v) is 7.29. The zero-order chi connectivity index (χ0) is 36.2. The van der Waals surface area contributed by atoms with Crippen molar-refractivity contribution >= 4 is 53.3 Å². The lowest BCUT2D eigenvalue weighted by atomic mass is 10.0. The molecule has 18 heteroatoms. The van der Waals surface area contributed by atoms with Crippen molar-refractivity contribution in [2.45, 2.75) is 105 Å². The molecule has 2 rings (SSSR count). The standard InChI is InChI=1S/C30H46N4O13S/c1-10-23(46-21(6)36)29(40)44-17(2)26(37)34(30(7,8)9)15-22(47-28(39)19(4)45-27(38)18(3)43-20(5)35)16-42-25-24(31-48-32-25)33-11-13-41-14-12-33/h17-19,22-23H,10-16H2,1-9H3/t17-,18-,19-,22-,23-/m0/s1. The van der Waals surface area contributed by atoms with E-state index in [9.17, 15) is 28.8 Å². The molecule has 0 unspecified atom stereocenters. The number of hydrogen-bond acceptors (Lipinski definition) is 17. The molecule has 1 aliphatic heterocycles. The number of aromatic nitrogens is 2. The molecule has 0 bridgehead atoms. The van der Waals surface area contributed by atoms with Crippen LogP contribution < -0.4 is 9.64 Å². The van der Waals surface area contributed by atoms with Crippen LogP contribution in [0.3, 0.4) is 0 Å². The molecular weight excluding hydrogens is 656 g/mol. The molecule has 0 spiro atoms. The minimum absolute atomic E-state index is 0.137. The summed E-state index contributed by atoms with van der Waals surface area (Å²) < 4.78 is 45.9. The molecule has 0 radical (unpaired) electrons. The summed E-state index contributed by atoms with van der Waals surface area (Å²) >= 11 is 0.931. The number of ether oxygens (including phenoxy) is 7. The van der Waals surface area contributed by atoms with Crippen molar-refractivity contribution in [2.24, 2.45) is 0 Å². The lowest BCUT2D eigenvalue weighted by Gasteiger charge is -2.39. The smallest absolute Gasteiger partial charge is 0.348 e. The second-order valence-corrected chi connectivity index (χ2v) is 12.4. The van der Waals surface area contributed by atoms with Gasteiger partial charge in [-0.3, -0.25) is 14.4 Å². The van der Waals surface area contributed by atoms with Gasteiger partial charge in [0.1, 0.15) is 6.61 Å². The van der Waals surface area contributed by atoms with Gasteiger partial charge in [-0.25, -0.2) is 14.4 Å². The average Bonchev–Trinajstić information content (AvgIpc) is 3.48. The number of carbonyl (C=O) groups excluding carboxylic acids is 6. The normalized spacial score (nSPS) is 16.3. The van der Waals surface area contributed by atoms with Crippen molar-refractivity contribution in [1.29, 1.82) is 0 Å². The van der Waals surface area contributed by atoms with Crippen LogP contribution in [-0.4, -0.2) is 125 Å². The van der Waals surface area contributed by atoms with E-state index >= 15 is 0 Å². The number of nitrogens with zero attached hydrogens (tertiary/aromatic N) is 4. The first kappa shape index (κ1) is 40.1. The van der Waals surface area contributed by atoms with Crippen molar-refractivity contribution in [1.82, 2.24) is 13.6 Å². The summed E-state index contributed by atoms with van der Waals surface area (Å²) in [4.78, 5) is 77.8. The fourth-order valence-corrected chi connectivity index (χ4v) is 4.84. The molecule has 2 heterocycles. The van der Waals surface area contributed by atoms with E-state index in [1.54, 1.807) is 27.7 Å². The SMILES string of the molecule is CC[C@H](OC(C)=O)C(=O)O[C@@H](C)C(=O)N(C[C@@H](COc1nsnc1N1CCOCC1)OC(=O)[C@H](C)OC(=O)[C@H](C)OC(C)=O)C(C)(C)C. The van der Waals surface area contributed by atoms with Gasteiger partial charge in [0, 0.05) is 32.5 Å². The maximum absolute atomic E-state index is 13.7. The second kappa shape index (κ2) is 18.5. The monoisotopic (exact) mass is 702 g/mol. The fraction of sp³-hybridized carbons (Fsp3) is 0.733. The molecule has 1 fully saturated rings. The van der Waals surface area contributed by atoms with Crippen LogP contribution in [0.5, 0.6) is 5.88 Å². The number of rotatable bonds is 16. The van der Waals surface area contributed by atoms with Crippen molar-refractivity contribution < 1.29 is 61.9 Å². The molecule has 1 amide bonds. The second-order valence-electron chi connectivity index (χ2n) is 11.9. The van der Waals surface area contributed by atoms with Crippen LogP contribution in [0.1, 0.15) is 68.7 Å². The maximum atomic E-state index is 13.7. The lowest BCUT2D eigenvalue weighted by molar-refractivity contribution is -0.181. The quantitative estimate of drug-likeness (QED) is 0.177. The number of esters is 5. The Kier molecular flexibility index (Phi) is 15.4. The average molecular weight is 703 g/mol. The van der Waals surface area contributed by atoms with Gasteiger partial charge in [-0.1, -0.05) is 6.92 Å². The van der Waals surface area contributed by atoms with E-state index in [0.29, 0.717) is 32.1 Å². The zero-order valence-corrected chi connectivity index (χ0v) is 29.7. The predicted molar refractivity (Wildman–Crippen MR) is 168 cm³/mol. The summed E-state index contributed by atoms with van der Waals surface area (Å²) in [5, 5.41) is 0. The molecule has 0 N–H and O–H groups in total. The molecule has 270 valence electrons. The van der Waals surface area contributed by atoms with E-state index < -0.39 is 71.8 Å². The molecule has 1 saturated heterocycles. The van der Waals surface area contributed by atoms with Gasteiger partial charge < -0.3 is 43.0 Å². The Morgan fingerprint density at radius 1 is 0.833 bits per heavy atom. The van der Waals surface area contributed by atoms with Crippen molar-refractivity contribution in [3.8, 4) is 5.88 Å². The summed E-state index contributed by atoms with van der Waals surface area (Å²) in [6.07, 6.45) is -6.20. The predicted octanol–water partition coefficient (Wildman–Crippen LogP) is 1.45. The van der Waals surface area contributed by atoms with Crippen LogP contribution in [0, 0.1) is 0 Å². The van der Waals surface area contributed by atoms with Gasteiger partial charge in [0.05, 0.1) is 31.5 Å². The minimum Gasteiger partial charge on any atom is -0.470 e. The molecule has 5 atom stereocenters. The summed E-state index contributed by atoms with van der Waals surface area (Å²) in [7, 11) is 0. The summed E-state index contributed by atoms with van der Waals surface area (Å²) in [6, 6.07) is 0. The zero-order valence-electron chi connectivity index (χ0n) is 28.8. The topological polar surface area (TPSA) is 199 Å². The van der Waals surface area contributed by atoms with Crippen LogP contribution in [0.25, 0.3) is 0 Å². The van der Waals surface area contributed by atoms with E-state index in [0.717, 1.165) is 25.6 Å². The highest BCUT2D eigenvalue weighted by atomic mass is 32.1. The van der Waals surface area contributed by atoms with Gasteiger partial charge in [-0.15, -0.1) is 4.37 Å². The van der Waals surface area contributed by atoms with E-state index in [4.69, 9.17) is 33.2 Å². The Balaban J connectivity index is 2.29. The summed E-state index contributed by atoms with van der Waals surface area (Å²) in [5.74, 6) is -4.16. The number of hydrogen-bond donors (Lipinski definition) is 0. The van der Waals surface area contributed by atoms with Crippen molar-refractivity contribution in [2.75, 3.05) is 44.4 Å². The van der Waals surface area contributed by atoms with Gasteiger partial charge in [-0.05, 0) is 48.0 Å². The first-order valence-electron chi connectivity index (χ1n) is 15.5. The van der Waals surface area contributed by atoms with Gasteiger partial charge in [0.2, 0.25) is 5.82 Å². The van der Waals surface area contributed by atoms with Gasteiger partial charge >= 0.3 is 29.8 Å². The summed E-state index contributed by atoms with van der Waals surface area (Å²) in [6.45, 7) is 14.6. The van der Waals surface area contributed by atoms with Gasteiger partial charge in [0.25, 0.3) is 11.8 Å². The lowest BCUT2D eigenvalue weighted by Crippen LogP contribution is -2.54. The van der Waals surface area contributed by atoms with Crippen LogP contribution in [0.15, 0.2) is 0 Å². The third-order valence-electron chi connectivity index (χ3n) is 6.79. The Morgan fingerprint density at radius 3 is 1.96 bits per heavy atom. The maximum Gasteiger partial charge on any atom is 0.348 e. The Hall–Kier alpha value is -4.06. The number of anilines is 1.